The fourth-order valence-corrected chi connectivity index (χ4v) is 3.09. The normalized spacial score (nSPS) is 17.1. The molecule has 1 N–H and O–H groups in total. The lowest BCUT2D eigenvalue weighted by Crippen LogP contribution is -2.33. The van der Waals surface area contributed by atoms with Gasteiger partial charge in [-0.3, -0.25) is 0 Å². The molecule has 0 amide bonds. The van der Waals surface area contributed by atoms with E-state index in [1.54, 1.807) is 7.11 Å². The highest BCUT2D eigenvalue weighted by Crippen LogP contribution is 2.40. The van der Waals surface area contributed by atoms with Gasteiger partial charge in [-0.15, -0.1) is 0 Å². The van der Waals surface area contributed by atoms with Crippen molar-refractivity contribution in [1.82, 2.24) is 5.32 Å². The summed E-state index contributed by atoms with van der Waals surface area (Å²) in [4.78, 5) is 0. The van der Waals surface area contributed by atoms with E-state index >= 15 is 0 Å². The van der Waals surface area contributed by atoms with E-state index in [-0.39, 0.29) is 0 Å². The highest BCUT2D eigenvalue weighted by Gasteiger charge is 2.33. The number of nitrogens with one attached hydrogen (secondary N) is 1. The lowest BCUT2D eigenvalue weighted by molar-refractivity contribution is 0.193. The molecule has 0 aromatic heterocycles. The van der Waals surface area contributed by atoms with Crippen LogP contribution in [0.4, 0.5) is 0 Å². The Morgan fingerprint density at radius 1 is 1.10 bits per heavy atom. The Hall–Kier alpha value is -1.22. The second kappa shape index (κ2) is 7.53. The number of ether oxygens (including phenoxy) is 2. The van der Waals surface area contributed by atoms with Gasteiger partial charge in [0.15, 0.2) is 0 Å². The van der Waals surface area contributed by atoms with Gasteiger partial charge in [0.05, 0.1) is 13.7 Å². The minimum Gasteiger partial charge on any atom is -0.497 e. The maximum absolute atomic E-state index is 5.89. The third-order valence-electron chi connectivity index (χ3n) is 4.37. The lowest BCUT2D eigenvalue weighted by atomic mass is 9.83. The molecule has 1 fully saturated rings. The van der Waals surface area contributed by atoms with Crippen molar-refractivity contribution in [3.63, 3.8) is 0 Å². The van der Waals surface area contributed by atoms with Crippen LogP contribution in [0, 0.1) is 5.41 Å². The number of hydrogen-bond donors (Lipinski definition) is 1. The maximum Gasteiger partial charge on any atom is 0.119 e. The standard InChI is InChI=1S/C17H27NO2/c1-3-18-14-17(10-4-5-11-17)12-13-20-16-8-6-15(19-2)7-9-16/h6-9,18H,3-5,10-14H2,1-2H3. The average molecular weight is 277 g/mol. The molecular weight excluding hydrogens is 250 g/mol. The SMILES string of the molecule is CCNCC1(CCOc2ccc(OC)cc2)CCCC1. The van der Waals surface area contributed by atoms with Gasteiger partial charge < -0.3 is 14.8 Å². The highest BCUT2D eigenvalue weighted by atomic mass is 16.5. The average Bonchev–Trinajstić information content (AvgIpc) is 2.95. The van der Waals surface area contributed by atoms with Gasteiger partial charge in [0.2, 0.25) is 0 Å². The first-order valence-corrected chi connectivity index (χ1v) is 7.75. The summed E-state index contributed by atoms with van der Waals surface area (Å²) in [7, 11) is 1.68. The van der Waals surface area contributed by atoms with E-state index in [1.807, 2.05) is 24.3 Å². The predicted molar refractivity (Wildman–Crippen MR) is 82.6 cm³/mol. The van der Waals surface area contributed by atoms with Crippen LogP contribution in [0.3, 0.4) is 0 Å². The van der Waals surface area contributed by atoms with E-state index < -0.39 is 0 Å². The van der Waals surface area contributed by atoms with E-state index in [4.69, 9.17) is 9.47 Å². The Morgan fingerprint density at radius 3 is 2.35 bits per heavy atom. The molecule has 0 aliphatic heterocycles. The van der Waals surface area contributed by atoms with E-state index in [9.17, 15) is 0 Å². The molecule has 2 rings (SSSR count). The van der Waals surface area contributed by atoms with Crippen molar-refractivity contribution in [1.29, 1.82) is 0 Å². The molecule has 20 heavy (non-hydrogen) atoms. The quantitative estimate of drug-likeness (QED) is 0.787. The summed E-state index contributed by atoms with van der Waals surface area (Å²) < 4.78 is 11.0. The van der Waals surface area contributed by atoms with E-state index in [0.29, 0.717) is 5.41 Å². The van der Waals surface area contributed by atoms with Crippen LogP contribution in [0.1, 0.15) is 39.0 Å². The van der Waals surface area contributed by atoms with Gasteiger partial charge in [0.25, 0.3) is 0 Å². The third kappa shape index (κ3) is 4.14. The summed E-state index contributed by atoms with van der Waals surface area (Å²) in [5.74, 6) is 1.80. The third-order valence-corrected chi connectivity index (χ3v) is 4.37. The van der Waals surface area contributed by atoms with Crippen LogP contribution in [0.2, 0.25) is 0 Å². The van der Waals surface area contributed by atoms with Crippen molar-refractivity contribution in [3.8, 4) is 11.5 Å². The molecule has 1 saturated carbocycles. The Balaban J connectivity index is 1.80. The zero-order valence-corrected chi connectivity index (χ0v) is 12.8. The van der Waals surface area contributed by atoms with Gasteiger partial charge in [-0.1, -0.05) is 19.8 Å². The number of hydrogen-bond acceptors (Lipinski definition) is 3. The summed E-state index contributed by atoms with van der Waals surface area (Å²) in [5, 5.41) is 3.52. The van der Waals surface area contributed by atoms with Crippen LogP contribution >= 0.6 is 0 Å². The molecule has 0 atom stereocenters. The molecule has 3 heteroatoms. The molecule has 1 aliphatic rings. The minimum atomic E-state index is 0.461. The fraction of sp³-hybridized carbons (Fsp3) is 0.647. The van der Waals surface area contributed by atoms with Crippen LogP contribution in [0.25, 0.3) is 0 Å². The van der Waals surface area contributed by atoms with Crippen molar-refractivity contribution < 1.29 is 9.47 Å². The van der Waals surface area contributed by atoms with E-state index in [0.717, 1.165) is 37.6 Å². The summed E-state index contributed by atoms with van der Waals surface area (Å²) in [6, 6.07) is 7.84. The Bertz CT molecular complexity index is 382. The Labute approximate surface area is 122 Å². The molecule has 0 heterocycles. The summed E-state index contributed by atoms with van der Waals surface area (Å²) >= 11 is 0. The summed E-state index contributed by atoms with van der Waals surface area (Å²) in [6.07, 6.45) is 6.56. The van der Waals surface area contributed by atoms with Crippen molar-refractivity contribution in [2.75, 3.05) is 26.8 Å². The second-order valence-electron chi connectivity index (χ2n) is 5.76. The molecule has 0 unspecified atom stereocenters. The van der Waals surface area contributed by atoms with Crippen LogP contribution in [-0.2, 0) is 0 Å². The molecular formula is C17H27NO2. The molecule has 112 valence electrons. The topological polar surface area (TPSA) is 30.5 Å². The Kier molecular flexibility index (Phi) is 5.72. The predicted octanol–water partition coefficient (Wildman–Crippen LogP) is 3.63. The second-order valence-corrected chi connectivity index (χ2v) is 5.76. The molecule has 0 saturated heterocycles. The Morgan fingerprint density at radius 2 is 1.75 bits per heavy atom. The van der Waals surface area contributed by atoms with Gasteiger partial charge in [0, 0.05) is 6.54 Å². The first-order chi connectivity index (χ1) is 9.78. The first-order valence-electron chi connectivity index (χ1n) is 7.75. The van der Waals surface area contributed by atoms with Crippen LogP contribution in [0.5, 0.6) is 11.5 Å². The molecule has 1 aromatic carbocycles. The summed E-state index contributed by atoms with van der Waals surface area (Å²) in [6.45, 7) is 5.17. The zero-order valence-electron chi connectivity index (χ0n) is 12.8. The highest BCUT2D eigenvalue weighted by molar-refractivity contribution is 5.31. The van der Waals surface area contributed by atoms with Gasteiger partial charge in [-0.25, -0.2) is 0 Å². The van der Waals surface area contributed by atoms with Gasteiger partial charge in [-0.05, 0) is 55.5 Å². The molecule has 0 bridgehead atoms. The molecule has 0 spiro atoms. The van der Waals surface area contributed by atoms with E-state index in [1.165, 1.54) is 25.7 Å². The van der Waals surface area contributed by atoms with E-state index in [2.05, 4.69) is 12.2 Å². The van der Waals surface area contributed by atoms with Gasteiger partial charge >= 0.3 is 0 Å². The fourth-order valence-electron chi connectivity index (χ4n) is 3.09. The number of benzene rings is 1. The zero-order chi connectivity index (χ0) is 14.3. The van der Waals surface area contributed by atoms with Crippen molar-refractivity contribution >= 4 is 0 Å². The van der Waals surface area contributed by atoms with Gasteiger partial charge in [0.1, 0.15) is 11.5 Å². The van der Waals surface area contributed by atoms with Crippen LogP contribution in [-0.4, -0.2) is 26.8 Å². The molecule has 1 aliphatic carbocycles. The van der Waals surface area contributed by atoms with Crippen molar-refractivity contribution in [2.45, 2.75) is 39.0 Å². The first kappa shape index (κ1) is 15.2. The van der Waals surface area contributed by atoms with Crippen LogP contribution < -0.4 is 14.8 Å². The number of methoxy groups -OCH3 is 1. The molecule has 0 radical (unpaired) electrons. The molecule has 1 aromatic rings. The van der Waals surface area contributed by atoms with Crippen molar-refractivity contribution in [2.24, 2.45) is 5.41 Å². The monoisotopic (exact) mass is 277 g/mol. The smallest absolute Gasteiger partial charge is 0.119 e. The molecule has 3 nitrogen and oxygen atoms in total. The van der Waals surface area contributed by atoms with Crippen LogP contribution in [0.15, 0.2) is 24.3 Å². The van der Waals surface area contributed by atoms with Crippen molar-refractivity contribution in [3.05, 3.63) is 24.3 Å². The lowest BCUT2D eigenvalue weighted by Gasteiger charge is -2.29. The maximum atomic E-state index is 5.89. The van der Waals surface area contributed by atoms with Gasteiger partial charge in [-0.2, -0.15) is 0 Å². The summed E-state index contributed by atoms with van der Waals surface area (Å²) in [5.41, 5.74) is 0.461. The minimum absolute atomic E-state index is 0.461. The largest absolute Gasteiger partial charge is 0.497 e. The number of rotatable bonds is 8.